The van der Waals surface area contributed by atoms with Gasteiger partial charge in [0.2, 0.25) is 5.91 Å². The topological polar surface area (TPSA) is 59.1 Å². The average molecular weight is 316 g/mol. The molecule has 2 rings (SSSR count). The van der Waals surface area contributed by atoms with Crippen molar-refractivity contribution in [3.8, 4) is 11.3 Å². The molecule has 1 aromatic heterocycles. The van der Waals surface area contributed by atoms with Crippen molar-refractivity contribution < 1.29 is 9.59 Å². The fourth-order valence-electron chi connectivity index (χ4n) is 2.05. The summed E-state index contributed by atoms with van der Waals surface area (Å²) in [5.41, 5.74) is 1.41. The summed E-state index contributed by atoms with van der Waals surface area (Å²) in [5.74, 6) is -0.136. The number of carbonyl (C=O) groups is 2. The lowest BCUT2D eigenvalue weighted by Gasteiger charge is -2.16. The molecule has 0 aliphatic rings. The van der Waals surface area contributed by atoms with Crippen LogP contribution in [0.5, 0.6) is 0 Å². The van der Waals surface area contributed by atoms with E-state index in [1.54, 1.807) is 0 Å². The first kappa shape index (κ1) is 16.4. The van der Waals surface area contributed by atoms with Crippen LogP contribution in [-0.2, 0) is 4.79 Å². The predicted octanol–water partition coefficient (Wildman–Crippen LogP) is 4.39. The molecule has 0 radical (unpaired) electrons. The summed E-state index contributed by atoms with van der Waals surface area (Å²) in [4.78, 5) is 28.9. The number of amides is 1. The molecule has 4 nitrogen and oxygen atoms in total. The number of carbonyl (C=O) groups excluding carboxylic acids is 2. The zero-order valence-electron chi connectivity index (χ0n) is 13.3. The lowest BCUT2D eigenvalue weighted by molar-refractivity contribution is -0.117. The van der Waals surface area contributed by atoms with E-state index in [0.29, 0.717) is 22.1 Å². The lowest BCUT2D eigenvalue weighted by atomic mass is 9.92. The zero-order valence-corrected chi connectivity index (χ0v) is 14.1. The van der Waals surface area contributed by atoms with Crippen molar-refractivity contribution in [3.05, 3.63) is 35.2 Å². The molecule has 5 heteroatoms. The smallest absolute Gasteiger partial charge is 0.226 e. The summed E-state index contributed by atoms with van der Waals surface area (Å²) < 4.78 is 0. The maximum Gasteiger partial charge on any atom is 0.226 e. The van der Waals surface area contributed by atoms with Crippen LogP contribution in [-0.4, -0.2) is 16.7 Å². The van der Waals surface area contributed by atoms with Crippen molar-refractivity contribution in [2.75, 3.05) is 5.32 Å². The molecular formula is C17H20N2O2S. The first-order chi connectivity index (χ1) is 10.3. The van der Waals surface area contributed by atoms with Crippen LogP contribution in [0.25, 0.3) is 11.3 Å². The highest BCUT2D eigenvalue weighted by atomic mass is 32.1. The van der Waals surface area contributed by atoms with Crippen LogP contribution in [0.3, 0.4) is 0 Å². The second-order valence-corrected chi connectivity index (χ2v) is 7.40. The predicted molar refractivity (Wildman–Crippen MR) is 90.3 cm³/mol. The molecular weight excluding hydrogens is 296 g/mol. The molecule has 0 atom stereocenters. The molecule has 1 N–H and O–H groups in total. The molecule has 1 amide bonds. The normalized spacial score (nSPS) is 11.3. The molecule has 0 fully saturated rings. The van der Waals surface area contributed by atoms with Crippen molar-refractivity contribution >= 4 is 28.2 Å². The molecule has 22 heavy (non-hydrogen) atoms. The quantitative estimate of drug-likeness (QED) is 0.851. The number of nitrogens with one attached hydrogen (secondary N) is 1. The number of Topliss-reactive ketones (excluding diaryl/α,β-unsaturated/α-hetero) is 1. The molecule has 0 aliphatic heterocycles. The molecule has 0 bridgehead atoms. The van der Waals surface area contributed by atoms with E-state index in [1.165, 1.54) is 18.3 Å². The van der Waals surface area contributed by atoms with Gasteiger partial charge in [-0.05, 0) is 5.41 Å². The Kier molecular flexibility index (Phi) is 4.76. The Bertz CT molecular complexity index is 684. The molecule has 0 saturated carbocycles. The van der Waals surface area contributed by atoms with Gasteiger partial charge in [-0.2, -0.15) is 0 Å². The first-order valence-electron chi connectivity index (χ1n) is 7.13. The Morgan fingerprint density at radius 3 is 2.36 bits per heavy atom. The molecule has 1 aromatic carbocycles. The maximum atomic E-state index is 12.0. The molecule has 0 spiro atoms. The van der Waals surface area contributed by atoms with E-state index >= 15 is 0 Å². The third kappa shape index (κ3) is 4.24. The second kappa shape index (κ2) is 6.40. The fraction of sp³-hybridized carbons (Fsp3) is 0.353. The van der Waals surface area contributed by atoms with Crippen molar-refractivity contribution in [2.24, 2.45) is 5.41 Å². The lowest BCUT2D eigenvalue weighted by Crippen LogP contribution is -2.19. The number of thiazole rings is 1. The van der Waals surface area contributed by atoms with E-state index < -0.39 is 0 Å². The third-order valence-electron chi connectivity index (χ3n) is 2.93. The molecule has 0 aliphatic carbocycles. The largest absolute Gasteiger partial charge is 0.302 e. The van der Waals surface area contributed by atoms with Gasteiger partial charge in [0.1, 0.15) is 0 Å². The Balaban J connectivity index is 2.28. The first-order valence-corrected chi connectivity index (χ1v) is 7.95. The number of rotatable bonds is 4. The maximum absolute atomic E-state index is 12.0. The molecule has 116 valence electrons. The van der Waals surface area contributed by atoms with Crippen molar-refractivity contribution in [1.82, 2.24) is 4.98 Å². The van der Waals surface area contributed by atoms with E-state index in [1.807, 2.05) is 51.1 Å². The zero-order chi connectivity index (χ0) is 16.3. The van der Waals surface area contributed by atoms with Crippen LogP contribution < -0.4 is 5.32 Å². The van der Waals surface area contributed by atoms with Crippen LogP contribution in [0.2, 0.25) is 0 Å². The number of hydrogen-bond acceptors (Lipinski definition) is 4. The van der Waals surface area contributed by atoms with Gasteiger partial charge in [0.05, 0.1) is 10.6 Å². The Hall–Kier alpha value is -2.01. The van der Waals surface area contributed by atoms with Crippen LogP contribution in [0.4, 0.5) is 5.13 Å². The van der Waals surface area contributed by atoms with Crippen molar-refractivity contribution in [2.45, 2.75) is 34.1 Å². The van der Waals surface area contributed by atoms with Crippen molar-refractivity contribution in [1.29, 1.82) is 0 Å². The van der Waals surface area contributed by atoms with Crippen LogP contribution >= 0.6 is 11.3 Å². The van der Waals surface area contributed by atoms with E-state index in [2.05, 4.69) is 10.3 Å². The number of aromatic nitrogens is 1. The number of benzene rings is 1. The van der Waals surface area contributed by atoms with E-state index in [0.717, 1.165) is 5.56 Å². The Morgan fingerprint density at radius 2 is 1.82 bits per heavy atom. The molecule has 0 unspecified atom stereocenters. The van der Waals surface area contributed by atoms with Gasteiger partial charge in [-0.3, -0.25) is 9.59 Å². The highest BCUT2D eigenvalue weighted by Crippen LogP contribution is 2.32. The average Bonchev–Trinajstić information content (AvgIpc) is 2.81. The summed E-state index contributed by atoms with van der Waals surface area (Å²) in [6.07, 6.45) is 0.405. The Labute approximate surface area is 134 Å². The molecule has 2 aromatic rings. The summed E-state index contributed by atoms with van der Waals surface area (Å²) in [6.45, 7) is 7.53. The van der Waals surface area contributed by atoms with Gasteiger partial charge >= 0.3 is 0 Å². The highest BCUT2D eigenvalue weighted by Gasteiger charge is 2.20. The van der Waals surface area contributed by atoms with Crippen molar-refractivity contribution in [3.63, 3.8) is 0 Å². The van der Waals surface area contributed by atoms with Crippen LogP contribution in [0.1, 0.15) is 43.8 Å². The highest BCUT2D eigenvalue weighted by molar-refractivity contribution is 7.18. The third-order valence-corrected chi connectivity index (χ3v) is 4.00. The fourth-order valence-corrected chi connectivity index (χ4v) is 2.95. The summed E-state index contributed by atoms with van der Waals surface area (Å²) in [7, 11) is 0. The SMILES string of the molecule is CC(=O)c1sc(NC(=O)CC(C)(C)C)nc1-c1ccccc1. The van der Waals surface area contributed by atoms with Gasteiger partial charge in [0, 0.05) is 18.9 Å². The number of nitrogens with zero attached hydrogens (tertiary/aromatic N) is 1. The second-order valence-electron chi connectivity index (χ2n) is 6.40. The van der Waals surface area contributed by atoms with Gasteiger partial charge in [0.15, 0.2) is 10.9 Å². The minimum atomic E-state index is -0.0903. The molecule has 1 heterocycles. The van der Waals surface area contributed by atoms with Crippen LogP contribution in [0, 0.1) is 5.41 Å². The van der Waals surface area contributed by atoms with Gasteiger partial charge in [-0.15, -0.1) is 0 Å². The van der Waals surface area contributed by atoms with Gasteiger partial charge in [-0.25, -0.2) is 4.98 Å². The van der Waals surface area contributed by atoms with Gasteiger partial charge in [-0.1, -0.05) is 62.4 Å². The van der Waals surface area contributed by atoms with E-state index in [4.69, 9.17) is 0 Å². The van der Waals surface area contributed by atoms with E-state index in [9.17, 15) is 9.59 Å². The summed E-state index contributed by atoms with van der Waals surface area (Å²) >= 11 is 1.22. The number of ketones is 1. The number of hydrogen-bond donors (Lipinski definition) is 1. The van der Waals surface area contributed by atoms with E-state index in [-0.39, 0.29) is 17.1 Å². The minimum absolute atomic E-state index is 0.0485. The monoisotopic (exact) mass is 316 g/mol. The standard InChI is InChI=1S/C17H20N2O2S/c1-11(20)15-14(12-8-6-5-7-9-12)19-16(22-15)18-13(21)10-17(2,3)4/h5-9H,10H2,1-4H3,(H,18,19,21). The summed E-state index contributed by atoms with van der Waals surface area (Å²) in [6, 6.07) is 9.52. The number of anilines is 1. The van der Waals surface area contributed by atoms with Gasteiger partial charge in [0.25, 0.3) is 0 Å². The molecule has 0 saturated heterocycles. The minimum Gasteiger partial charge on any atom is -0.302 e. The summed E-state index contributed by atoms with van der Waals surface area (Å²) in [5, 5.41) is 3.27. The Morgan fingerprint density at radius 1 is 1.18 bits per heavy atom. The van der Waals surface area contributed by atoms with Gasteiger partial charge < -0.3 is 5.32 Å². The van der Waals surface area contributed by atoms with Crippen LogP contribution in [0.15, 0.2) is 30.3 Å².